The van der Waals surface area contributed by atoms with Crippen LogP contribution in [0.5, 0.6) is 0 Å². The average molecular weight is 390 g/mol. The third-order valence-corrected chi connectivity index (χ3v) is 5.07. The van der Waals surface area contributed by atoms with Crippen molar-refractivity contribution < 1.29 is 4.42 Å². The van der Waals surface area contributed by atoms with Crippen molar-refractivity contribution >= 4 is 17.3 Å². The van der Waals surface area contributed by atoms with Crippen LogP contribution in [0.1, 0.15) is 28.6 Å². The number of nitrogens with zero attached hydrogens (tertiary/aromatic N) is 2. The number of rotatable bonds is 5. The highest BCUT2D eigenvalue weighted by Crippen LogP contribution is 2.31. The van der Waals surface area contributed by atoms with Gasteiger partial charge in [-0.15, -0.1) is 10.2 Å². The number of benzene rings is 3. The van der Waals surface area contributed by atoms with Crippen LogP contribution < -0.4 is 5.32 Å². The van der Waals surface area contributed by atoms with Crippen LogP contribution in [0.15, 0.2) is 77.2 Å². The standard InChI is InChI=1S/C23H20ClN3O/c1-15-12-13-18(14-16(15)2)25-21(17-8-4-3-5-9-17)23-27-26-22(28-23)19-10-6-7-11-20(19)24/h3-14,21,25H,1-2H3/t21-/m1/s1. The molecule has 4 nitrogen and oxygen atoms in total. The number of nitrogens with one attached hydrogen (secondary N) is 1. The molecular weight excluding hydrogens is 370 g/mol. The molecule has 0 bridgehead atoms. The summed E-state index contributed by atoms with van der Waals surface area (Å²) in [6, 6.07) is 23.5. The van der Waals surface area contributed by atoms with E-state index in [0.717, 1.165) is 16.8 Å². The van der Waals surface area contributed by atoms with Gasteiger partial charge in [0.15, 0.2) is 0 Å². The van der Waals surface area contributed by atoms with Gasteiger partial charge in [0.1, 0.15) is 6.04 Å². The largest absolute Gasteiger partial charge is 0.418 e. The highest BCUT2D eigenvalue weighted by molar-refractivity contribution is 6.33. The third-order valence-electron chi connectivity index (χ3n) is 4.74. The number of anilines is 1. The summed E-state index contributed by atoms with van der Waals surface area (Å²) in [7, 11) is 0. The van der Waals surface area contributed by atoms with Crippen molar-refractivity contribution in [2.75, 3.05) is 5.32 Å². The summed E-state index contributed by atoms with van der Waals surface area (Å²) in [4.78, 5) is 0. The summed E-state index contributed by atoms with van der Waals surface area (Å²) >= 11 is 6.28. The van der Waals surface area contributed by atoms with E-state index in [-0.39, 0.29) is 6.04 Å². The predicted molar refractivity (Wildman–Crippen MR) is 113 cm³/mol. The van der Waals surface area contributed by atoms with Gasteiger partial charge in [0.2, 0.25) is 11.8 Å². The lowest BCUT2D eigenvalue weighted by Crippen LogP contribution is -2.13. The van der Waals surface area contributed by atoms with E-state index >= 15 is 0 Å². The van der Waals surface area contributed by atoms with E-state index in [0.29, 0.717) is 16.8 Å². The number of aromatic nitrogens is 2. The molecule has 28 heavy (non-hydrogen) atoms. The Morgan fingerprint density at radius 2 is 1.61 bits per heavy atom. The minimum atomic E-state index is -0.271. The quantitative estimate of drug-likeness (QED) is 0.441. The summed E-state index contributed by atoms with van der Waals surface area (Å²) in [5, 5.41) is 12.6. The van der Waals surface area contributed by atoms with E-state index in [9.17, 15) is 0 Å². The molecule has 0 aliphatic rings. The Kier molecular flexibility index (Phi) is 5.13. The molecule has 1 N–H and O–H groups in total. The Hall–Kier alpha value is -3.11. The van der Waals surface area contributed by atoms with Gasteiger partial charge in [0.25, 0.3) is 0 Å². The maximum absolute atomic E-state index is 6.28. The fourth-order valence-electron chi connectivity index (χ4n) is 3.03. The number of aryl methyl sites for hydroxylation is 2. The molecule has 0 saturated heterocycles. The molecule has 4 rings (SSSR count). The minimum absolute atomic E-state index is 0.271. The fraction of sp³-hybridized carbons (Fsp3) is 0.130. The fourth-order valence-corrected chi connectivity index (χ4v) is 3.24. The third kappa shape index (κ3) is 3.78. The van der Waals surface area contributed by atoms with Gasteiger partial charge in [-0.2, -0.15) is 0 Å². The number of hydrogen-bond donors (Lipinski definition) is 1. The first-order valence-corrected chi connectivity index (χ1v) is 9.46. The molecular formula is C23H20ClN3O. The highest BCUT2D eigenvalue weighted by atomic mass is 35.5. The monoisotopic (exact) mass is 389 g/mol. The lowest BCUT2D eigenvalue weighted by Gasteiger charge is -2.18. The van der Waals surface area contributed by atoms with Crippen molar-refractivity contribution in [1.29, 1.82) is 0 Å². The zero-order chi connectivity index (χ0) is 19.5. The van der Waals surface area contributed by atoms with Crippen molar-refractivity contribution in [2.24, 2.45) is 0 Å². The van der Waals surface area contributed by atoms with E-state index in [1.54, 1.807) is 0 Å². The topological polar surface area (TPSA) is 51.0 Å². The average Bonchev–Trinajstić information content (AvgIpc) is 3.19. The van der Waals surface area contributed by atoms with Gasteiger partial charge in [-0.25, -0.2) is 0 Å². The zero-order valence-corrected chi connectivity index (χ0v) is 16.4. The highest BCUT2D eigenvalue weighted by Gasteiger charge is 2.22. The van der Waals surface area contributed by atoms with Crippen LogP contribution in [-0.4, -0.2) is 10.2 Å². The summed E-state index contributed by atoms with van der Waals surface area (Å²) < 4.78 is 6.02. The Morgan fingerprint density at radius 1 is 0.857 bits per heavy atom. The Morgan fingerprint density at radius 3 is 2.36 bits per heavy atom. The predicted octanol–water partition coefficient (Wildman–Crippen LogP) is 6.21. The summed E-state index contributed by atoms with van der Waals surface area (Å²) in [5.41, 5.74) is 5.23. The molecule has 1 heterocycles. The molecule has 3 aromatic carbocycles. The Labute approximate surface area is 169 Å². The van der Waals surface area contributed by atoms with E-state index in [2.05, 4.69) is 47.6 Å². The molecule has 4 aromatic rings. The first-order chi connectivity index (χ1) is 13.6. The lowest BCUT2D eigenvalue weighted by molar-refractivity contribution is 0.494. The summed E-state index contributed by atoms with van der Waals surface area (Å²) in [5.74, 6) is 0.891. The molecule has 0 radical (unpaired) electrons. The Balaban J connectivity index is 1.72. The first-order valence-electron chi connectivity index (χ1n) is 9.09. The molecule has 140 valence electrons. The smallest absolute Gasteiger partial charge is 0.249 e. The van der Waals surface area contributed by atoms with Crippen molar-refractivity contribution in [1.82, 2.24) is 10.2 Å². The van der Waals surface area contributed by atoms with E-state index in [1.807, 2.05) is 54.6 Å². The van der Waals surface area contributed by atoms with Crippen molar-refractivity contribution in [2.45, 2.75) is 19.9 Å². The molecule has 0 saturated carbocycles. The molecule has 0 fully saturated rings. The van der Waals surface area contributed by atoms with Gasteiger partial charge in [-0.3, -0.25) is 0 Å². The van der Waals surface area contributed by atoms with Crippen molar-refractivity contribution in [3.05, 3.63) is 100 Å². The second-order valence-corrected chi connectivity index (χ2v) is 7.12. The van der Waals surface area contributed by atoms with Crippen LogP contribution in [0.4, 0.5) is 5.69 Å². The van der Waals surface area contributed by atoms with Crippen LogP contribution >= 0.6 is 11.6 Å². The van der Waals surface area contributed by atoms with E-state index in [1.165, 1.54) is 11.1 Å². The lowest BCUT2D eigenvalue weighted by atomic mass is 10.1. The maximum atomic E-state index is 6.28. The molecule has 1 atom stereocenters. The second kappa shape index (κ2) is 7.87. The van der Waals surface area contributed by atoms with Gasteiger partial charge in [-0.05, 0) is 54.8 Å². The first kappa shape index (κ1) is 18.3. The molecule has 0 spiro atoms. The van der Waals surface area contributed by atoms with Crippen LogP contribution in [0.25, 0.3) is 11.5 Å². The summed E-state index contributed by atoms with van der Waals surface area (Å²) in [6.45, 7) is 4.20. The van der Waals surface area contributed by atoms with Crippen LogP contribution in [0.2, 0.25) is 5.02 Å². The van der Waals surface area contributed by atoms with Crippen molar-refractivity contribution in [3.63, 3.8) is 0 Å². The minimum Gasteiger partial charge on any atom is -0.418 e. The van der Waals surface area contributed by atoms with Gasteiger partial charge in [0, 0.05) is 5.69 Å². The molecule has 0 aliphatic heterocycles. The second-order valence-electron chi connectivity index (χ2n) is 6.71. The van der Waals surface area contributed by atoms with Gasteiger partial charge in [-0.1, -0.05) is 60.1 Å². The zero-order valence-electron chi connectivity index (χ0n) is 15.7. The van der Waals surface area contributed by atoms with Crippen LogP contribution in [-0.2, 0) is 0 Å². The van der Waals surface area contributed by atoms with Gasteiger partial charge in [0.05, 0.1) is 10.6 Å². The van der Waals surface area contributed by atoms with Gasteiger partial charge >= 0.3 is 0 Å². The van der Waals surface area contributed by atoms with Crippen LogP contribution in [0.3, 0.4) is 0 Å². The number of hydrogen-bond acceptors (Lipinski definition) is 4. The van der Waals surface area contributed by atoms with Gasteiger partial charge < -0.3 is 9.73 Å². The molecule has 0 aliphatic carbocycles. The summed E-state index contributed by atoms with van der Waals surface area (Å²) in [6.07, 6.45) is 0. The SMILES string of the molecule is Cc1ccc(N[C@H](c2ccccc2)c2nnc(-c3ccccc3Cl)o2)cc1C. The molecule has 1 aromatic heterocycles. The molecule has 5 heteroatoms. The normalized spacial score (nSPS) is 12.0. The molecule has 0 amide bonds. The van der Waals surface area contributed by atoms with E-state index < -0.39 is 0 Å². The van der Waals surface area contributed by atoms with E-state index in [4.69, 9.17) is 16.0 Å². The molecule has 0 unspecified atom stereocenters. The number of halogens is 1. The maximum Gasteiger partial charge on any atom is 0.249 e. The van der Waals surface area contributed by atoms with Crippen LogP contribution in [0, 0.1) is 13.8 Å². The Bertz CT molecular complexity index is 1090. The van der Waals surface area contributed by atoms with Crippen molar-refractivity contribution in [3.8, 4) is 11.5 Å².